The summed E-state index contributed by atoms with van der Waals surface area (Å²) in [5, 5.41) is 0. The molecule has 0 N–H and O–H groups in total. The van der Waals surface area contributed by atoms with Crippen LogP contribution in [0.25, 0.3) is 8.25 Å². The molecule has 0 fully saturated rings. The predicted molar refractivity (Wildman–Crippen MR) is 168 cm³/mol. The highest BCUT2D eigenvalue weighted by molar-refractivity contribution is 8.13. The minimum Gasteiger partial charge on any atom is -0.421 e. The van der Waals surface area contributed by atoms with E-state index in [1.807, 2.05) is 0 Å². The third kappa shape index (κ3) is 21.3. The summed E-state index contributed by atoms with van der Waals surface area (Å²) in [6.45, 7) is 6.83. The highest BCUT2D eigenvalue weighted by Crippen LogP contribution is 2.37. The number of pyridine rings is 2. The Hall–Kier alpha value is -2.82. The molecule has 0 saturated heterocycles. The van der Waals surface area contributed by atoms with Crippen molar-refractivity contribution >= 4 is 40.1 Å². The second-order valence-electron chi connectivity index (χ2n) is 10.2. The lowest BCUT2D eigenvalue weighted by molar-refractivity contribution is -0.697. The van der Waals surface area contributed by atoms with Gasteiger partial charge in [0.15, 0.2) is 64.9 Å². The molecule has 0 saturated carbocycles. The molecule has 28 heteroatoms. The van der Waals surface area contributed by atoms with Crippen molar-refractivity contribution in [3.63, 3.8) is 0 Å². The number of unbranched alkanes of at least 4 members (excludes halogenated alkanes) is 6. The second kappa shape index (κ2) is 22.7. The van der Waals surface area contributed by atoms with Crippen LogP contribution in [0.5, 0.6) is 0 Å². The zero-order valence-electron chi connectivity index (χ0n) is 28.1. The number of hydrogen-bond donors (Lipinski definition) is 0. The van der Waals surface area contributed by atoms with E-state index in [1.165, 1.54) is 64.5 Å². The van der Waals surface area contributed by atoms with Crippen LogP contribution in [0.15, 0.2) is 61.2 Å². The van der Waals surface area contributed by atoms with Crippen molar-refractivity contribution in [1.82, 2.24) is 0 Å². The van der Waals surface area contributed by atoms with Gasteiger partial charge in [0.1, 0.15) is 13.1 Å². The third-order valence-corrected chi connectivity index (χ3v) is 11.1. The van der Waals surface area contributed by atoms with Gasteiger partial charge >= 0.3 is 22.0 Å². The van der Waals surface area contributed by atoms with Crippen LogP contribution in [0.3, 0.4) is 0 Å². The Labute approximate surface area is 304 Å². The van der Waals surface area contributed by atoms with E-state index in [0.717, 1.165) is 8.25 Å². The van der Waals surface area contributed by atoms with Crippen molar-refractivity contribution in [3.8, 4) is 0 Å². The number of rotatable bonds is 14. The monoisotopic (exact) mass is 888 g/mol. The van der Waals surface area contributed by atoms with Crippen molar-refractivity contribution in [2.45, 2.75) is 100 Å². The first-order valence-electron chi connectivity index (χ1n) is 14.9. The maximum absolute atomic E-state index is 11.4. The molecule has 54 heavy (non-hydrogen) atoms. The molecule has 12 nitrogen and oxygen atoms in total. The Morgan fingerprint density at radius 1 is 0.389 bits per heavy atom. The van der Waals surface area contributed by atoms with Crippen molar-refractivity contribution < 1.29 is 95.5 Å². The SMILES string of the molecule is CCCCCC[n+]1ccccc1.CCCCCC[n+]1ccccc1.O=S(=O)([N-]S(=O)(=O)C(F)(F)F)C(F)(F)F.O=S(=O)([N-]S(=O)(=O)C(F)(F)F)C(F)(F)F. The van der Waals surface area contributed by atoms with Crippen molar-refractivity contribution in [1.29, 1.82) is 0 Å². The van der Waals surface area contributed by atoms with Gasteiger partial charge in [0.25, 0.3) is 0 Å². The number of halogens is 12. The number of aryl methyl sites for hydroxylation is 2. The molecule has 0 aliphatic rings. The van der Waals surface area contributed by atoms with Crippen molar-refractivity contribution in [2.24, 2.45) is 0 Å². The molecule has 2 aromatic heterocycles. The van der Waals surface area contributed by atoms with Gasteiger partial charge in [0, 0.05) is 37.1 Å². The Morgan fingerprint density at radius 3 is 0.796 bits per heavy atom. The number of sulfonamides is 4. The zero-order valence-corrected chi connectivity index (χ0v) is 31.3. The van der Waals surface area contributed by atoms with Gasteiger partial charge in [-0.15, -0.1) is 0 Å². The molecule has 2 aromatic rings. The van der Waals surface area contributed by atoms with Crippen LogP contribution in [0.4, 0.5) is 52.7 Å². The fraction of sp³-hybridized carbons (Fsp3) is 0.615. The molecular formula is C26H36F12N4O8S4. The van der Waals surface area contributed by atoms with Crippen molar-refractivity contribution in [3.05, 3.63) is 69.4 Å². The number of hydrogen-bond acceptors (Lipinski definition) is 8. The van der Waals surface area contributed by atoms with E-state index < -0.39 is 62.1 Å². The lowest BCUT2D eigenvalue weighted by Crippen LogP contribution is -2.32. The van der Waals surface area contributed by atoms with Gasteiger partial charge in [0.2, 0.25) is 0 Å². The van der Waals surface area contributed by atoms with Crippen LogP contribution in [0, 0.1) is 0 Å². The molecule has 0 bridgehead atoms. The molecule has 0 amide bonds. The molecule has 316 valence electrons. The van der Waals surface area contributed by atoms with E-state index in [1.54, 1.807) is 0 Å². The first-order chi connectivity index (χ1) is 24.3. The van der Waals surface area contributed by atoms with Gasteiger partial charge in [-0.2, -0.15) is 52.7 Å². The highest BCUT2D eigenvalue weighted by Gasteiger charge is 2.48. The van der Waals surface area contributed by atoms with Crippen LogP contribution in [0.2, 0.25) is 0 Å². The molecule has 0 spiro atoms. The molecule has 2 rings (SSSR count). The van der Waals surface area contributed by atoms with Gasteiger partial charge in [-0.05, 0) is 12.8 Å². The molecule has 0 radical (unpaired) electrons. The molecular weight excluding hydrogens is 853 g/mol. The highest BCUT2D eigenvalue weighted by atomic mass is 32.3. The maximum atomic E-state index is 11.4. The number of aromatic nitrogens is 2. The van der Waals surface area contributed by atoms with E-state index >= 15 is 0 Å². The van der Waals surface area contributed by atoms with Crippen LogP contribution < -0.4 is 9.13 Å². The number of alkyl halides is 12. The van der Waals surface area contributed by atoms with Gasteiger partial charge in [-0.3, -0.25) is 0 Å². The standard InChI is InChI=1S/2C11H18N.2C2F6NO4S2/c2*1-2-3-4-6-9-12-10-7-5-8-11-12;2*3-1(4,5)14(10,11)9-15(12,13)2(6,7)8/h2*5,7-8,10-11H,2-4,6,9H2,1H3;;/q2*+1;2*-1. The normalized spacial score (nSPS) is 13.0. The Balaban J connectivity index is 0. The summed E-state index contributed by atoms with van der Waals surface area (Å²) in [5.74, 6) is 0. The fourth-order valence-electron chi connectivity index (χ4n) is 3.04. The lowest BCUT2D eigenvalue weighted by atomic mass is 10.2. The first-order valence-corrected chi connectivity index (χ1v) is 20.7. The maximum Gasteiger partial charge on any atom is 0.480 e. The van der Waals surface area contributed by atoms with Crippen molar-refractivity contribution in [2.75, 3.05) is 0 Å². The largest absolute Gasteiger partial charge is 0.480 e. The van der Waals surface area contributed by atoms with Crippen LogP contribution in [-0.4, -0.2) is 55.7 Å². The van der Waals surface area contributed by atoms with E-state index in [0.29, 0.717) is 0 Å². The average Bonchev–Trinajstić information content (AvgIpc) is 3.00. The first kappa shape index (κ1) is 53.3. The summed E-state index contributed by atoms with van der Waals surface area (Å²) in [7, 11) is -26.9. The summed E-state index contributed by atoms with van der Waals surface area (Å²) >= 11 is 0. The molecule has 0 aliphatic carbocycles. The average molecular weight is 889 g/mol. The number of nitrogens with zero attached hydrogens (tertiary/aromatic N) is 4. The third-order valence-electron chi connectivity index (χ3n) is 5.66. The van der Waals surface area contributed by atoms with Gasteiger partial charge in [0.05, 0.1) is 0 Å². The second-order valence-corrected chi connectivity index (χ2v) is 17.0. The molecule has 2 heterocycles. The molecule has 0 unspecified atom stereocenters. The zero-order chi connectivity index (χ0) is 42.7. The van der Waals surface area contributed by atoms with E-state index in [4.69, 9.17) is 0 Å². The van der Waals surface area contributed by atoms with Gasteiger partial charge in [-0.1, -0.05) is 51.7 Å². The summed E-state index contributed by atoms with van der Waals surface area (Å²) in [6.07, 6.45) is 19.2. The minimum atomic E-state index is -6.72. The van der Waals surface area contributed by atoms with E-state index in [2.05, 4.69) is 84.2 Å². The van der Waals surface area contributed by atoms with Crippen LogP contribution in [0.1, 0.15) is 65.2 Å². The quantitative estimate of drug-likeness (QED) is 0.109. The summed E-state index contributed by atoms with van der Waals surface area (Å²) in [5.41, 5.74) is -24.8. The Kier molecular flexibility index (Phi) is 22.4. The van der Waals surface area contributed by atoms with E-state index in [9.17, 15) is 86.4 Å². The van der Waals surface area contributed by atoms with Gasteiger partial charge < -0.3 is 8.25 Å². The Morgan fingerprint density at radius 2 is 0.611 bits per heavy atom. The molecule has 0 atom stereocenters. The minimum absolute atomic E-state index is 0.778. The summed E-state index contributed by atoms with van der Waals surface area (Å²) in [6, 6.07) is 12.4. The summed E-state index contributed by atoms with van der Waals surface area (Å²) in [4.78, 5) is 0. The molecule has 0 aromatic carbocycles. The topological polar surface area (TPSA) is 173 Å². The van der Waals surface area contributed by atoms with Gasteiger partial charge in [-0.25, -0.2) is 42.8 Å². The lowest BCUT2D eigenvalue weighted by Gasteiger charge is -2.22. The van der Waals surface area contributed by atoms with Crippen LogP contribution >= 0.6 is 0 Å². The summed E-state index contributed by atoms with van der Waals surface area (Å²) < 4.78 is 223. The Bertz CT molecular complexity index is 1570. The van der Waals surface area contributed by atoms with E-state index in [-0.39, 0.29) is 0 Å². The fourth-order valence-corrected chi connectivity index (χ4v) is 6.46. The van der Waals surface area contributed by atoms with Crippen LogP contribution in [-0.2, 0) is 53.2 Å². The predicted octanol–water partition coefficient (Wildman–Crippen LogP) is 7.23. The molecule has 0 aliphatic heterocycles. The smallest absolute Gasteiger partial charge is 0.421 e.